The van der Waals surface area contributed by atoms with Crippen LogP contribution < -0.4 is 0 Å². The summed E-state index contributed by atoms with van der Waals surface area (Å²) in [6, 6.07) is 12.0. The first-order valence-corrected chi connectivity index (χ1v) is 5.76. The zero-order valence-corrected chi connectivity index (χ0v) is 9.95. The van der Waals surface area contributed by atoms with Crippen molar-refractivity contribution in [2.45, 2.75) is 19.5 Å². The van der Waals surface area contributed by atoms with Crippen molar-refractivity contribution in [3.05, 3.63) is 36.4 Å². The van der Waals surface area contributed by atoms with Gasteiger partial charge in [-0.3, -0.25) is 4.90 Å². The van der Waals surface area contributed by atoms with Gasteiger partial charge < -0.3 is 0 Å². The second kappa shape index (κ2) is 6.64. The Hall–Kier alpha value is -1.03. The second-order valence-electron chi connectivity index (χ2n) is 4.40. The molecule has 4 heteroatoms. The van der Waals surface area contributed by atoms with Crippen molar-refractivity contribution in [2.24, 2.45) is 5.92 Å². The van der Waals surface area contributed by atoms with E-state index in [0.717, 1.165) is 6.42 Å². The molecular weight excluding hydrogens is 227 g/mol. The molecule has 2 rings (SSSR count). The summed E-state index contributed by atoms with van der Waals surface area (Å²) in [5.74, 6) is 0.428. The number of hydrogen-bond donors (Lipinski definition) is 0. The molecule has 0 bridgehead atoms. The third kappa shape index (κ3) is 7.00. The van der Waals surface area contributed by atoms with Gasteiger partial charge in [-0.05, 0) is 18.9 Å². The van der Waals surface area contributed by atoms with Gasteiger partial charge in [-0.2, -0.15) is 13.2 Å². The predicted octanol–water partition coefficient (Wildman–Crippen LogP) is 3.58. The maximum atomic E-state index is 11.8. The van der Waals surface area contributed by atoms with Gasteiger partial charge in [-0.1, -0.05) is 43.3 Å². The van der Waals surface area contributed by atoms with Crippen LogP contribution in [0.5, 0.6) is 0 Å². The van der Waals surface area contributed by atoms with Crippen molar-refractivity contribution in [3.8, 4) is 0 Å². The Balaban J connectivity index is 0.000000202. The van der Waals surface area contributed by atoms with E-state index in [2.05, 4.69) is 0 Å². The highest BCUT2D eigenvalue weighted by atomic mass is 19.4. The van der Waals surface area contributed by atoms with Gasteiger partial charge in [0.25, 0.3) is 0 Å². The molecular formula is C13H18F3N. The molecule has 1 fully saturated rings. The highest BCUT2D eigenvalue weighted by molar-refractivity contribution is 4.99. The Morgan fingerprint density at radius 1 is 1.06 bits per heavy atom. The minimum Gasteiger partial charge on any atom is -0.295 e. The molecule has 1 heterocycles. The van der Waals surface area contributed by atoms with E-state index in [1.54, 1.807) is 0 Å². The maximum Gasteiger partial charge on any atom is 0.401 e. The van der Waals surface area contributed by atoms with E-state index in [0.29, 0.717) is 19.0 Å². The largest absolute Gasteiger partial charge is 0.401 e. The number of hydrogen-bond acceptors (Lipinski definition) is 1. The first-order valence-electron chi connectivity index (χ1n) is 5.76. The van der Waals surface area contributed by atoms with Crippen LogP contribution in [0.25, 0.3) is 0 Å². The molecule has 1 aliphatic heterocycles. The fourth-order valence-corrected chi connectivity index (χ4v) is 1.81. The third-order valence-electron chi connectivity index (χ3n) is 2.58. The fourth-order valence-electron chi connectivity index (χ4n) is 1.81. The van der Waals surface area contributed by atoms with E-state index in [4.69, 9.17) is 0 Å². The summed E-state index contributed by atoms with van der Waals surface area (Å²) >= 11 is 0. The van der Waals surface area contributed by atoms with Crippen LogP contribution in [0.4, 0.5) is 13.2 Å². The first-order chi connectivity index (χ1) is 7.97. The van der Waals surface area contributed by atoms with Gasteiger partial charge in [0.2, 0.25) is 0 Å². The van der Waals surface area contributed by atoms with E-state index >= 15 is 0 Å². The van der Waals surface area contributed by atoms with Crippen LogP contribution in [0, 0.1) is 5.92 Å². The van der Waals surface area contributed by atoms with Crippen molar-refractivity contribution < 1.29 is 13.2 Å². The topological polar surface area (TPSA) is 3.24 Å². The van der Waals surface area contributed by atoms with Gasteiger partial charge in [-0.15, -0.1) is 0 Å². The molecule has 0 aliphatic carbocycles. The Morgan fingerprint density at radius 3 is 1.82 bits per heavy atom. The van der Waals surface area contributed by atoms with Crippen molar-refractivity contribution in [2.75, 3.05) is 19.6 Å². The van der Waals surface area contributed by atoms with Crippen LogP contribution in [0.1, 0.15) is 13.3 Å². The van der Waals surface area contributed by atoms with Crippen LogP contribution in [-0.2, 0) is 0 Å². The summed E-state index contributed by atoms with van der Waals surface area (Å²) in [5, 5.41) is 0. The Bertz CT molecular complexity index is 271. The van der Waals surface area contributed by atoms with E-state index in [9.17, 15) is 13.2 Å². The molecule has 0 saturated carbocycles. The zero-order chi connectivity index (χ0) is 12.7. The monoisotopic (exact) mass is 245 g/mol. The van der Waals surface area contributed by atoms with Gasteiger partial charge >= 0.3 is 6.18 Å². The van der Waals surface area contributed by atoms with Gasteiger partial charge in [0.1, 0.15) is 0 Å². The highest BCUT2D eigenvalue weighted by Crippen LogP contribution is 2.21. The highest BCUT2D eigenvalue weighted by Gasteiger charge is 2.33. The normalized spacial score (nSPS) is 20.8. The van der Waals surface area contributed by atoms with Gasteiger partial charge in [-0.25, -0.2) is 0 Å². The lowest BCUT2D eigenvalue weighted by molar-refractivity contribution is -0.143. The number of nitrogens with zero attached hydrogens (tertiary/aromatic N) is 1. The Labute approximate surface area is 100 Å². The molecule has 1 aromatic carbocycles. The van der Waals surface area contributed by atoms with E-state index < -0.39 is 12.7 Å². The molecule has 1 unspecified atom stereocenters. The van der Waals surface area contributed by atoms with Crippen molar-refractivity contribution in [1.29, 1.82) is 0 Å². The lowest BCUT2D eigenvalue weighted by Crippen LogP contribution is -2.32. The lowest BCUT2D eigenvalue weighted by Gasteiger charge is -2.16. The molecule has 0 aromatic heterocycles. The Morgan fingerprint density at radius 2 is 1.53 bits per heavy atom. The SMILES string of the molecule is CC1CCN(CC(F)(F)F)C1.c1ccccc1. The average molecular weight is 245 g/mol. The number of alkyl halides is 3. The summed E-state index contributed by atoms with van der Waals surface area (Å²) in [6.45, 7) is 2.44. The molecule has 0 radical (unpaired) electrons. The molecule has 1 aliphatic rings. The number of halogens is 3. The third-order valence-corrected chi connectivity index (χ3v) is 2.58. The lowest BCUT2D eigenvalue weighted by atomic mass is 10.2. The molecule has 0 N–H and O–H groups in total. The van der Waals surface area contributed by atoms with Crippen molar-refractivity contribution in [1.82, 2.24) is 4.90 Å². The summed E-state index contributed by atoms with van der Waals surface area (Å²) in [5.41, 5.74) is 0. The number of likely N-dealkylation sites (tertiary alicyclic amines) is 1. The predicted molar refractivity (Wildman–Crippen MR) is 62.7 cm³/mol. The van der Waals surface area contributed by atoms with Crippen LogP contribution in [-0.4, -0.2) is 30.7 Å². The fraction of sp³-hybridized carbons (Fsp3) is 0.538. The first kappa shape index (κ1) is 14.0. The minimum atomic E-state index is -4.02. The van der Waals surface area contributed by atoms with E-state index in [1.165, 1.54) is 4.90 Å². The summed E-state index contributed by atoms with van der Waals surface area (Å²) in [6.07, 6.45) is -3.12. The number of rotatable bonds is 1. The van der Waals surface area contributed by atoms with E-state index in [1.807, 2.05) is 43.3 Å². The summed E-state index contributed by atoms with van der Waals surface area (Å²) in [4.78, 5) is 1.46. The van der Waals surface area contributed by atoms with Crippen molar-refractivity contribution in [3.63, 3.8) is 0 Å². The van der Waals surface area contributed by atoms with Crippen LogP contribution in [0.3, 0.4) is 0 Å². The zero-order valence-electron chi connectivity index (χ0n) is 9.95. The quantitative estimate of drug-likeness (QED) is 0.731. The number of benzene rings is 1. The maximum absolute atomic E-state index is 11.8. The average Bonchev–Trinajstić information content (AvgIpc) is 2.65. The Kier molecular flexibility index (Phi) is 5.48. The molecule has 0 spiro atoms. The smallest absolute Gasteiger partial charge is 0.295 e. The summed E-state index contributed by atoms with van der Waals surface area (Å²) in [7, 11) is 0. The minimum absolute atomic E-state index is 0.428. The molecule has 1 aromatic rings. The van der Waals surface area contributed by atoms with Gasteiger partial charge in [0, 0.05) is 6.54 Å². The van der Waals surface area contributed by atoms with Crippen LogP contribution in [0.15, 0.2) is 36.4 Å². The van der Waals surface area contributed by atoms with Gasteiger partial charge in [0.05, 0.1) is 6.54 Å². The standard InChI is InChI=1S/C7H12F3N.C6H6/c1-6-2-3-11(4-6)5-7(8,9)10;1-2-4-6-5-3-1/h6H,2-5H2,1H3;1-6H. The van der Waals surface area contributed by atoms with Crippen molar-refractivity contribution >= 4 is 0 Å². The second-order valence-corrected chi connectivity index (χ2v) is 4.40. The van der Waals surface area contributed by atoms with Gasteiger partial charge in [0.15, 0.2) is 0 Å². The molecule has 1 nitrogen and oxygen atoms in total. The molecule has 96 valence electrons. The van der Waals surface area contributed by atoms with E-state index in [-0.39, 0.29) is 0 Å². The summed E-state index contributed by atoms with van der Waals surface area (Å²) < 4.78 is 35.4. The molecule has 17 heavy (non-hydrogen) atoms. The molecule has 0 amide bonds. The molecule has 1 saturated heterocycles. The van der Waals surface area contributed by atoms with Crippen LogP contribution in [0.2, 0.25) is 0 Å². The van der Waals surface area contributed by atoms with Crippen LogP contribution >= 0.6 is 0 Å². The molecule has 1 atom stereocenters.